The van der Waals surface area contributed by atoms with E-state index in [1.54, 1.807) is 25.1 Å². The topological polar surface area (TPSA) is 85.2 Å². The number of rotatable bonds is 3. The van der Waals surface area contributed by atoms with Crippen molar-refractivity contribution in [3.05, 3.63) is 65.5 Å². The SMILES string of the molecule is C[C@H]1Oc2ccc(NC(=O)c3nn(-c4ccccc4)c4c3CCCCC4)cc2NC1=O. The Kier molecular flexibility index (Phi) is 4.94. The average molecular weight is 416 g/mol. The molecule has 3 aromatic rings. The maximum atomic E-state index is 13.2. The monoisotopic (exact) mass is 416 g/mol. The molecular formula is C24H24N4O3. The van der Waals surface area contributed by atoms with Gasteiger partial charge in [-0.05, 0) is 62.9 Å². The lowest BCUT2D eigenvalue weighted by Gasteiger charge is -2.23. The molecule has 2 heterocycles. The van der Waals surface area contributed by atoms with Gasteiger partial charge < -0.3 is 15.4 Å². The molecule has 1 aliphatic carbocycles. The molecule has 0 bridgehead atoms. The van der Waals surface area contributed by atoms with E-state index in [-0.39, 0.29) is 11.8 Å². The predicted octanol–water partition coefficient (Wildman–Crippen LogP) is 4.11. The van der Waals surface area contributed by atoms with E-state index in [0.29, 0.717) is 22.8 Å². The molecule has 5 rings (SSSR count). The van der Waals surface area contributed by atoms with Gasteiger partial charge in [0.15, 0.2) is 11.8 Å². The molecule has 0 saturated carbocycles. The molecule has 2 N–H and O–H groups in total. The Labute approximate surface area is 180 Å². The molecule has 2 aliphatic rings. The van der Waals surface area contributed by atoms with Crippen LogP contribution in [0.5, 0.6) is 5.75 Å². The molecule has 0 radical (unpaired) electrons. The minimum absolute atomic E-state index is 0.206. The van der Waals surface area contributed by atoms with Gasteiger partial charge in [0.05, 0.1) is 11.4 Å². The highest BCUT2D eigenvalue weighted by molar-refractivity contribution is 6.05. The molecule has 158 valence electrons. The van der Waals surface area contributed by atoms with Crippen LogP contribution in [-0.2, 0) is 17.6 Å². The third-order valence-corrected chi connectivity index (χ3v) is 5.81. The fourth-order valence-electron chi connectivity index (χ4n) is 4.22. The molecule has 0 saturated heterocycles. The summed E-state index contributed by atoms with van der Waals surface area (Å²) < 4.78 is 7.50. The Bertz CT molecular complexity index is 1150. The van der Waals surface area contributed by atoms with Gasteiger partial charge in [0.25, 0.3) is 11.8 Å². The van der Waals surface area contributed by atoms with Crippen LogP contribution >= 0.6 is 0 Å². The molecule has 2 amide bonds. The van der Waals surface area contributed by atoms with Crippen molar-refractivity contribution in [1.82, 2.24) is 9.78 Å². The van der Waals surface area contributed by atoms with Gasteiger partial charge in [-0.2, -0.15) is 5.10 Å². The molecule has 31 heavy (non-hydrogen) atoms. The van der Waals surface area contributed by atoms with Crippen LogP contribution in [0.15, 0.2) is 48.5 Å². The lowest BCUT2D eigenvalue weighted by molar-refractivity contribution is -0.122. The normalized spacial score (nSPS) is 17.6. The van der Waals surface area contributed by atoms with Crippen LogP contribution in [0.3, 0.4) is 0 Å². The van der Waals surface area contributed by atoms with Gasteiger partial charge in [-0.25, -0.2) is 4.68 Å². The number of hydrogen-bond acceptors (Lipinski definition) is 4. The van der Waals surface area contributed by atoms with Crippen molar-refractivity contribution >= 4 is 23.2 Å². The number of ether oxygens (including phenoxy) is 1. The number of carbonyl (C=O) groups excluding carboxylic acids is 2. The number of benzene rings is 2. The van der Waals surface area contributed by atoms with Crippen molar-refractivity contribution in [3.63, 3.8) is 0 Å². The molecule has 7 nitrogen and oxygen atoms in total. The quantitative estimate of drug-likeness (QED) is 0.629. The molecule has 2 aromatic carbocycles. The van der Waals surface area contributed by atoms with Gasteiger partial charge in [-0.3, -0.25) is 9.59 Å². The van der Waals surface area contributed by atoms with Crippen LogP contribution in [0.1, 0.15) is 47.9 Å². The minimum atomic E-state index is -0.537. The standard InChI is InChI=1S/C24H24N4O3/c1-15-23(29)26-19-14-16(12-13-21(19)31-15)25-24(30)22-18-10-6-3-7-11-20(18)28(27-22)17-8-4-2-5-9-17/h2,4-5,8-9,12-15H,3,6-7,10-11H2,1H3,(H,25,30)(H,26,29)/t15-/m1/s1. The maximum Gasteiger partial charge on any atom is 0.276 e. The smallest absolute Gasteiger partial charge is 0.276 e. The zero-order valence-corrected chi connectivity index (χ0v) is 17.4. The van der Waals surface area contributed by atoms with Crippen LogP contribution < -0.4 is 15.4 Å². The van der Waals surface area contributed by atoms with E-state index in [2.05, 4.69) is 10.6 Å². The second-order valence-corrected chi connectivity index (χ2v) is 8.00. The third kappa shape index (κ3) is 3.67. The van der Waals surface area contributed by atoms with E-state index in [9.17, 15) is 9.59 Å². The summed E-state index contributed by atoms with van der Waals surface area (Å²) in [5.74, 6) is 0.138. The number of para-hydroxylation sites is 1. The summed E-state index contributed by atoms with van der Waals surface area (Å²) in [6.07, 6.45) is 4.50. The lowest BCUT2D eigenvalue weighted by Crippen LogP contribution is -2.34. The Morgan fingerprint density at radius 1 is 1.13 bits per heavy atom. The molecule has 0 spiro atoms. The van der Waals surface area contributed by atoms with Crippen LogP contribution in [0.25, 0.3) is 5.69 Å². The highest BCUT2D eigenvalue weighted by Gasteiger charge is 2.26. The number of nitrogens with one attached hydrogen (secondary N) is 2. The fraction of sp³-hybridized carbons (Fsp3) is 0.292. The molecular weight excluding hydrogens is 392 g/mol. The van der Waals surface area contributed by atoms with E-state index in [0.717, 1.165) is 49.0 Å². The van der Waals surface area contributed by atoms with Crippen molar-refractivity contribution in [2.75, 3.05) is 10.6 Å². The Morgan fingerprint density at radius 2 is 1.94 bits per heavy atom. The molecule has 1 aliphatic heterocycles. The first-order valence-corrected chi connectivity index (χ1v) is 10.7. The van der Waals surface area contributed by atoms with Gasteiger partial charge in [0.1, 0.15) is 5.75 Å². The van der Waals surface area contributed by atoms with Crippen molar-refractivity contribution in [2.24, 2.45) is 0 Å². The first-order valence-electron chi connectivity index (χ1n) is 10.7. The number of aromatic nitrogens is 2. The van der Waals surface area contributed by atoms with Crippen molar-refractivity contribution in [3.8, 4) is 11.4 Å². The van der Waals surface area contributed by atoms with Gasteiger partial charge in [0.2, 0.25) is 0 Å². The number of hydrogen-bond donors (Lipinski definition) is 2. The lowest BCUT2D eigenvalue weighted by atomic mass is 10.1. The second-order valence-electron chi connectivity index (χ2n) is 8.00. The Balaban J connectivity index is 1.47. The van der Waals surface area contributed by atoms with Crippen molar-refractivity contribution in [2.45, 2.75) is 45.1 Å². The van der Waals surface area contributed by atoms with E-state index >= 15 is 0 Å². The summed E-state index contributed by atoms with van der Waals surface area (Å²) in [7, 11) is 0. The number of amides is 2. The average Bonchev–Trinajstić information content (AvgIpc) is 2.96. The predicted molar refractivity (Wildman–Crippen MR) is 118 cm³/mol. The third-order valence-electron chi connectivity index (χ3n) is 5.81. The molecule has 0 unspecified atom stereocenters. The summed E-state index contributed by atoms with van der Waals surface area (Å²) in [4.78, 5) is 25.1. The van der Waals surface area contributed by atoms with Crippen LogP contribution in [0, 0.1) is 0 Å². The van der Waals surface area contributed by atoms with E-state index < -0.39 is 6.10 Å². The highest BCUT2D eigenvalue weighted by Crippen LogP contribution is 2.33. The first kappa shape index (κ1) is 19.4. The fourth-order valence-corrected chi connectivity index (χ4v) is 4.22. The van der Waals surface area contributed by atoms with Crippen LogP contribution in [0.2, 0.25) is 0 Å². The maximum absolute atomic E-state index is 13.2. The summed E-state index contributed by atoms with van der Waals surface area (Å²) in [5.41, 5.74) is 4.71. The van der Waals surface area contributed by atoms with E-state index in [1.807, 2.05) is 35.0 Å². The molecule has 7 heteroatoms. The zero-order chi connectivity index (χ0) is 21.4. The number of anilines is 2. The number of nitrogens with zero attached hydrogens (tertiary/aromatic N) is 2. The number of fused-ring (bicyclic) bond motifs is 2. The zero-order valence-electron chi connectivity index (χ0n) is 17.4. The second kappa shape index (κ2) is 7.91. The molecule has 0 fully saturated rings. The largest absolute Gasteiger partial charge is 0.479 e. The highest BCUT2D eigenvalue weighted by atomic mass is 16.5. The minimum Gasteiger partial charge on any atom is -0.479 e. The van der Waals surface area contributed by atoms with Crippen molar-refractivity contribution in [1.29, 1.82) is 0 Å². The van der Waals surface area contributed by atoms with Gasteiger partial charge in [-0.1, -0.05) is 24.6 Å². The van der Waals surface area contributed by atoms with Gasteiger partial charge in [-0.15, -0.1) is 0 Å². The van der Waals surface area contributed by atoms with E-state index in [1.165, 1.54) is 0 Å². The van der Waals surface area contributed by atoms with Gasteiger partial charge in [0, 0.05) is 16.9 Å². The van der Waals surface area contributed by atoms with Gasteiger partial charge >= 0.3 is 0 Å². The van der Waals surface area contributed by atoms with Crippen LogP contribution in [0.4, 0.5) is 11.4 Å². The summed E-state index contributed by atoms with van der Waals surface area (Å²) >= 11 is 0. The summed E-state index contributed by atoms with van der Waals surface area (Å²) in [5, 5.41) is 10.5. The van der Waals surface area contributed by atoms with Crippen molar-refractivity contribution < 1.29 is 14.3 Å². The first-order chi connectivity index (χ1) is 15.1. The summed E-state index contributed by atoms with van der Waals surface area (Å²) in [6, 6.07) is 15.2. The number of carbonyl (C=O) groups is 2. The van der Waals surface area contributed by atoms with E-state index in [4.69, 9.17) is 9.84 Å². The summed E-state index contributed by atoms with van der Waals surface area (Å²) in [6.45, 7) is 1.70. The Morgan fingerprint density at radius 3 is 2.77 bits per heavy atom. The molecule has 1 atom stereocenters. The van der Waals surface area contributed by atoms with Crippen LogP contribution in [-0.4, -0.2) is 27.7 Å². The molecule has 1 aromatic heterocycles. The Hall–Kier alpha value is -3.61.